The zero-order valence-corrected chi connectivity index (χ0v) is 13.6. The molecule has 2 rings (SSSR count). The van der Waals surface area contributed by atoms with E-state index in [0.29, 0.717) is 17.8 Å². The van der Waals surface area contributed by atoms with Gasteiger partial charge in [-0.1, -0.05) is 6.07 Å². The van der Waals surface area contributed by atoms with Crippen LogP contribution < -0.4 is 10.6 Å². The minimum atomic E-state index is -0.448. The van der Waals surface area contributed by atoms with Crippen molar-refractivity contribution in [2.45, 2.75) is 20.4 Å². The Hall–Kier alpha value is -2.83. The number of aromatic nitrogens is 2. The molecular weight excluding hydrogens is 296 g/mol. The predicted octanol–water partition coefficient (Wildman–Crippen LogP) is 2.15. The normalized spacial score (nSPS) is 10.3. The van der Waals surface area contributed by atoms with Gasteiger partial charge in [-0.2, -0.15) is 5.10 Å². The number of urea groups is 1. The SMILES string of the molecule is COC(=O)c1cccc(NC(=O)NCc2c(C)nn(C)c2C)c1. The van der Waals surface area contributed by atoms with Crippen LogP contribution in [0.2, 0.25) is 0 Å². The lowest BCUT2D eigenvalue weighted by molar-refractivity contribution is 0.0600. The number of anilines is 1. The van der Waals surface area contributed by atoms with Crippen molar-refractivity contribution in [3.63, 3.8) is 0 Å². The van der Waals surface area contributed by atoms with Crippen LogP contribution in [0, 0.1) is 13.8 Å². The lowest BCUT2D eigenvalue weighted by Crippen LogP contribution is -2.28. The molecule has 0 aliphatic carbocycles. The minimum Gasteiger partial charge on any atom is -0.465 e. The summed E-state index contributed by atoms with van der Waals surface area (Å²) in [4.78, 5) is 23.5. The van der Waals surface area contributed by atoms with E-state index in [9.17, 15) is 9.59 Å². The van der Waals surface area contributed by atoms with Crippen LogP contribution in [0.25, 0.3) is 0 Å². The summed E-state index contributed by atoms with van der Waals surface area (Å²) < 4.78 is 6.44. The smallest absolute Gasteiger partial charge is 0.337 e. The predicted molar refractivity (Wildman–Crippen MR) is 86.3 cm³/mol. The van der Waals surface area contributed by atoms with Crippen LogP contribution in [0.5, 0.6) is 0 Å². The summed E-state index contributed by atoms with van der Waals surface area (Å²) in [7, 11) is 3.18. The van der Waals surface area contributed by atoms with Crippen molar-refractivity contribution in [1.29, 1.82) is 0 Å². The molecule has 1 heterocycles. The summed E-state index contributed by atoms with van der Waals surface area (Å²) >= 11 is 0. The monoisotopic (exact) mass is 316 g/mol. The zero-order chi connectivity index (χ0) is 17.0. The molecule has 122 valence electrons. The summed E-state index contributed by atoms with van der Waals surface area (Å²) in [5.74, 6) is -0.448. The highest BCUT2D eigenvalue weighted by molar-refractivity contribution is 5.93. The first-order chi connectivity index (χ1) is 10.9. The maximum absolute atomic E-state index is 12.0. The molecule has 0 fully saturated rings. The van der Waals surface area contributed by atoms with Crippen LogP contribution in [0.3, 0.4) is 0 Å². The van der Waals surface area contributed by atoms with Crippen LogP contribution in [-0.2, 0) is 18.3 Å². The van der Waals surface area contributed by atoms with Crippen LogP contribution in [0.1, 0.15) is 27.3 Å². The molecule has 2 amide bonds. The largest absolute Gasteiger partial charge is 0.465 e. The second kappa shape index (κ2) is 6.95. The van der Waals surface area contributed by atoms with Crippen LogP contribution in [-0.4, -0.2) is 28.9 Å². The topological polar surface area (TPSA) is 85.2 Å². The van der Waals surface area contributed by atoms with E-state index in [1.54, 1.807) is 28.9 Å². The lowest BCUT2D eigenvalue weighted by atomic mass is 10.2. The van der Waals surface area contributed by atoms with Crippen molar-refractivity contribution < 1.29 is 14.3 Å². The Kier molecular flexibility index (Phi) is 5.00. The maximum Gasteiger partial charge on any atom is 0.337 e. The van der Waals surface area contributed by atoms with Gasteiger partial charge in [-0.3, -0.25) is 4.68 Å². The standard InChI is InChI=1S/C16H20N4O3/c1-10-14(11(2)20(3)19-10)9-17-16(22)18-13-7-5-6-12(8-13)15(21)23-4/h5-8H,9H2,1-4H3,(H2,17,18,22). The number of aryl methyl sites for hydroxylation is 2. The van der Waals surface area contributed by atoms with E-state index in [1.807, 2.05) is 20.9 Å². The van der Waals surface area contributed by atoms with Gasteiger partial charge in [0.2, 0.25) is 0 Å². The molecule has 0 aliphatic rings. The van der Waals surface area contributed by atoms with Gasteiger partial charge in [0.15, 0.2) is 0 Å². The third-order valence-electron chi connectivity index (χ3n) is 3.63. The van der Waals surface area contributed by atoms with E-state index < -0.39 is 5.97 Å². The van der Waals surface area contributed by atoms with Gasteiger partial charge in [-0.15, -0.1) is 0 Å². The van der Waals surface area contributed by atoms with E-state index in [-0.39, 0.29) is 6.03 Å². The van der Waals surface area contributed by atoms with Gasteiger partial charge in [-0.05, 0) is 32.0 Å². The van der Waals surface area contributed by atoms with E-state index in [0.717, 1.165) is 17.0 Å². The maximum atomic E-state index is 12.0. The number of hydrogen-bond donors (Lipinski definition) is 2. The second-order valence-electron chi connectivity index (χ2n) is 5.15. The highest BCUT2D eigenvalue weighted by atomic mass is 16.5. The number of amides is 2. The molecule has 0 saturated heterocycles. The van der Waals surface area contributed by atoms with Crippen molar-refractivity contribution >= 4 is 17.7 Å². The third kappa shape index (κ3) is 3.88. The van der Waals surface area contributed by atoms with Gasteiger partial charge >= 0.3 is 12.0 Å². The van der Waals surface area contributed by atoms with Crippen molar-refractivity contribution in [2.75, 3.05) is 12.4 Å². The molecule has 1 aromatic carbocycles. The van der Waals surface area contributed by atoms with E-state index in [1.165, 1.54) is 7.11 Å². The van der Waals surface area contributed by atoms with Crippen LogP contribution >= 0.6 is 0 Å². The number of methoxy groups -OCH3 is 1. The molecule has 1 aromatic heterocycles. The van der Waals surface area contributed by atoms with Gasteiger partial charge in [0.1, 0.15) is 0 Å². The molecule has 23 heavy (non-hydrogen) atoms. The van der Waals surface area contributed by atoms with Gasteiger partial charge in [0.05, 0.1) is 18.4 Å². The van der Waals surface area contributed by atoms with E-state index in [4.69, 9.17) is 0 Å². The van der Waals surface area contributed by atoms with Gasteiger partial charge in [0.25, 0.3) is 0 Å². The van der Waals surface area contributed by atoms with Crippen molar-refractivity contribution in [2.24, 2.45) is 7.05 Å². The van der Waals surface area contributed by atoms with Crippen molar-refractivity contribution in [3.05, 3.63) is 46.8 Å². The summed E-state index contributed by atoms with van der Waals surface area (Å²) in [6, 6.07) is 6.21. The fourth-order valence-electron chi connectivity index (χ4n) is 2.26. The van der Waals surface area contributed by atoms with Gasteiger partial charge in [0, 0.05) is 30.5 Å². The number of rotatable bonds is 4. The molecule has 0 bridgehead atoms. The number of carbonyl (C=O) groups excluding carboxylic acids is 2. The molecule has 7 heteroatoms. The molecule has 0 radical (unpaired) electrons. The molecule has 0 atom stereocenters. The Bertz CT molecular complexity index is 737. The first kappa shape index (κ1) is 16.5. The first-order valence-electron chi connectivity index (χ1n) is 7.14. The van der Waals surface area contributed by atoms with E-state index >= 15 is 0 Å². The molecule has 0 aliphatic heterocycles. The van der Waals surface area contributed by atoms with Crippen molar-refractivity contribution in [1.82, 2.24) is 15.1 Å². The highest BCUT2D eigenvalue weighted by Gasteiger charge is 2.11. The Morgan fingerprint density at radius 2 is 2.04 bits per heavy atom. The Labute approximate surface area is 134 Å². The summed E-state index contributed by atoms with van der Waals surface area (Å²) in [5.41, 5.74) is 3.79. The molecule has 0 spiro atoms. The average molecular weight is 316 g/mol. The highest BCUT2D eigenvalue weighted by Crippen LogP contribution is 2.13. The van der Waals surface area contributed by atoms with Gasteiger partial charge < -0.3 is 15.4 Å². The summed E-state index contributed by atoms with van der Waals surface area (Å²) in [6.45, 7) is 4.24. The van der Waals surface area contributed by atoms with Crippen LogP contribution in [0.15, 0.2) is 24.3 Å². The third-order valence-corrected chi connectivity index (χ3v) is 3.63. The second-order valence-corrected chi connectivity index (χ2v) is 5.15. The molecule has 0 saturated carbocycles. The van der Waals surface area contributed by atoms with Crippen molar-refractivity contribution in [3.8, 4) is 0 Å². The number of ether oxygens (including phenoxy) is 1. The number of nitrogens with one attached hydrogen (secondary N) is 2. The Morgan fingerprint density at radius 1 is 1.30 bits per heavy atom. The molecule has 7 nitrogen and oxygen atoms in total. The zero-order valence-electron chi connectivity index (χ0n) is 13.6. The summed E-state index contributed by atoms with van der Waals surface area (Å²) in [6.07, 6.45) is 0. The number of benzene rings is 1. The summed E-state index contributed by atoms with van der Waals surface area (Å²) in [5, 5.41) is 9.78. The van der Waals surface area contributed by atoms with Crippen LogP contribution in [0.4, 0.5) is 10.5 Å². The molecular formula is C16H20N4O3. The number of nitrogens with zero attached hydrogens (tertiary/aromatic N) is 2. The van der Waals surface area contributed by atoms with Gasteiger partial charge in [-0.25, -0.2) is 9.59 Å². The van der Waals surface area contributed by atoms with E-state index in [2.05, 4.69) is 20.5 Å². The quantitative estimate of drug-likeness (QED) is 0.846. The number of carbonyl (C=O) groups is 2. The molecule has 2 N–H and O–H groups in total. The Balaban J connectivity index is 1.99. The number of hydrogen-bond acceptors (Lipinski definition) is 4. The lowest BCUT2D eigenvalue weighted by Gasteiger charge is -2.09. The number of esters is 1. The Morgan fingerprint density at radius 3 is 2.65 bits per heavy atom. The fraction of sp³-hybridized carbons (Fsp3) is 0.312. The fourth-order valence-corrected chi connectivity index (χ4v) is 2.26. The molecule has 0 unspecified atom stereocenters. The minimum absolute atomic E-state index is 0.352. The average Bonchev–Trinajstić information content (AvgIpc) is 2.77. The first-order valence-corrected chi connectivity index (χ1v) is 7.14. The molecule has 2 aromatic rings.